The fourth-order valence-electron chi connectivity index (χ4n) is 2.07. The summed E-state index contributed by atoms with van der Waals surface area (Å²) in [7, 11) is 0. The van der Waals surface area contributed by atoms with Crippen LogP contribution in [0.1, 0.15) is 0 Å². The first kappa shape index (κ1) is 14.3. The number of hydrogen-bond donors (Lipinski definition) is 0. The molecule has 8 heteroatoms. The van der Waals surface area contributed by atoms with Crippen LogP contribution >= 0.6 is 27.3 Å². The Hall–Kier alpha value is -2.32. The van der Waals surface area contributed by atoms with Gasteiger partial charge in [0.1, 0.15) is 0 Å². The molecule has 0 N–H and O–H groups in total. The van der Waals surface area contributed by atoms with Crippen molar-refractivity contribution in [2.45, 2.75) is 0 Å². The van der Waals surface area contributed by atoms with Crippen molar-refractivity contribution in [1.82, 2.24) is 19.8 Å². The molecule has 0 fully saturated rings. The zero-order valence-electron chi connectivity index (χ0n) is 11.5. The van der Waals surface area contributed by atoms with E-state index >= 15 is 0 Å². The minimum absolute atomic E-state index is 0.102. The SMILES string of the molecule is Fc1cc(Br)ccc1Oc1ccc2nnc(-c3ccsc3)n2n1. The summed E-state index contributed by atoms with van der Waals surface area (Å²) >= 11 is 4.77. The number of rotatable bonds is 3. The second-order valence-electron chi connectivity index (χ2n) is 4.65. The van der Waals surface area contributed by atoms with Crippen LogP contribution in [0.5, 0.6) is 11.6 Å². The van der Waals surface area contributed by atoms with Crippen molar-refractivity contribution in [2.24, 2.45) is 0 Å². The maximum absolute atomic E-state index is 13.9. The van der Waals surface area contributed by atoms with Crippen LogP contribution in [0.3, 0.4) is 0 Å². The Morgan fingerprint density at radius 1 is 1.13 bits per heavy atom. The number of aromatic nitrogens is 4. The number of ether oxygens (including phenoxy) is 1. The normalized spacial score (nSPS) is 11.0. The van der Waals surface area contributed by atoms with Gasteiger partial charge in [-0.05, 0) is 35.7 Å². The van der Waals surface area contributed by atoms with Crippen LogP contribution in [0.2, 0.25) is 0 Å². The van der Waals surface area contributed by atoms with E-state index in [-0.39, 0.29) is 11.6 Å². The zero-order chi connectivity index (χ0) is 15.8. The van der Waals surface area contributed by atoms with Gasteiger partial charge in [0, 0.05) is 21.5 Å². The zero-order valence-corrected chi connectivity index (χ0v) is 13.9. The van der Waals surface area contributed by atoms with Crippen LogP contribution in [-0.2, 0) is 0 Å². The van der Waals surface area contributed by atoms with Gasteiger partial charge in [0.25, 0.3) is 0 Å². The highest BCUT2D eigenvalue weighted by atomic mass is 79.9. The summed E-state index contributed by atoms with van der Waals surface area (Å²) in [5.74, 6) is 0.506. The monoisotopic (exact) mass is 390 g/mol. The molecule has 1 aromatic carbocycles. The Bertz CT molecular complexity index is 986. The van der Waals surface area contributed by atoms with Crippen LogP contribution < -0.4 is 4.74 Å². The molecular weight excluding hydrogens is 383 g/mol. The van der Waals surface area contributed by atoms with Gasteiger partial charge < -0.3 is 4.74 Å². The van der Waals surface area contributed by atoms with Gasteiger partial charge >= 0.3 is 0 Å². The summed E-state index contributed by atoms with van der Waals surface area (Å²) in [5, 5.41) is 16.5. The highest BCUT2D eigenvalue weighted by molar-refractivity contribution is 9.10. The molecule has 0 unspecified atom stereocenters. The average molecular weight is 391 g/mol. The Balaban J connectivity index is 1.75. The fraction of sp³-hybridized carbons (Fsp3) is 0. The topological polar surface area (TPSA) is 52.3 Å². The van der Waals surface area contributed by atoms with E-state index in [1.54, 1.807) is 34.1 Å². The molecule has 0 saturated carbocycles. The molecule has 0 aliphatic heterocycles. The lowest BCUT2D eigenvalue weighted by Gasteiger charge is -2.06. The standard InChI is InChI=1S/C15H8BrFN4OS/c16-10-1-2-12(11(17)7-10)22-14-4-3-13-18-19-15(21(13)20-14)9-5-6-23-8-9/h1-8H. The van der Waals surface area contributed by atoms with E-state index in [2.05, 4.69) is 31.2 Å². The molecule has 4 rings (SSSR count). The number of hydrogen-bond acceptors (Lipinski definition) is 5. The van der Waals surface area contributed by atoms with Gasteiger partial charge in [0.15, 0.2) is 23.0 Å². The molecule has 0 aliphatic carbocycles. The average Bonchev–Trinajstić information content (AvgIpc) is 3.18. The minimum atomic E-state index is -0.469. The molecule has 0 atom stereocenters. The summed E-state index contributed by atoms with van der Waals surface area (Å²) in [6.07, 6.45) is 0. The van der Waals surface area contributed by atoms with Gasteiger partial charge in [-0.2, -0.15) is 15.9 Å². The van der Waals surface area contributed by atoms with Crippen molar-refractivity contribution in [3.63, 3.8) is 0 Å². The molecule has 0 radical (unpaired) electrons. The van der Waals surface area contributed by atoms with E-state index in [4.69, 9.17) is 4.74 Å². The Labute approximate surface area is 142 Å². The first-order valence-electron chi connectivity index (χ1n) is 6.59. The summed E-state index contributed by atoms with van der Waals surface area (Å²) in [6.45, 7) is 0. The van der Waals surface area contributed by atoms with Gasteiger partial charge in [0.2, 0.25) is 5.88 Å². The molecule has 3 heterocycles. The molecule has 23 heavy (non-hydrogen) atoms. The predicted molar refractivity (Wildman–Crippen MR) is 88.3 cm³/mol. The molecule has 114 valence electrons. The van der Waals surface area contributed by atoms with Gasteiger partial charge in [-0.25, -0.2) is 4.39 Å². The lowest BCUT2D eigenvalue weighted by Crippen LogP contribution is -1.98. The van der Waals surface area contributed by atoms with Crippen LogP contribution in [0.15, 0.2) is 51.6 Å². The van der Waals surface area contributed by atoms with Crippen molar-refractivity contribution >= 4 is 32.9 Å². The van der Waals surface area contributed by atoms with E-state index in [9.17, 15) is 4.39 Å². The highest BCUT2D eigenvalue weighted by Crippen LogP contribution is 2.27. The number of fused-ring (bicyclic) bond motifs is 1. The molecule has 3 aromatic heterocycles. The van der Waals surface area contributed by atoms with Gasteiger partial charge in [-0.15, -0.1) is 15.3 Å². The minimum Gasteiger partial charge on any atom is -0.434 e. The summed E-state index contributed by atoms with van der Waals surface area (Å²) in [4.78, 5) is 0. The van der Waals surface area contributed by atoms with Crippen molar-refractivity contribution < 1.29 is 9.13 Å². The predicted octanol–water partition coefficient (Wildman–Crippen LogP) is 4.55. The lowest BCUT2D eigenvalue weighted by atomic mass is 10.3. The molecule has 0 bridgehead atoms. The maximum atomic E-state index is 13.9. The Morgan fingerprint density at radius 3 is 2.83 bits per heavy atom. The third-order valence-electron chi connectivity index (χ3n) is 3.13. The van der Waals surface area contributed by atoms with Gasteiger partial charge in [-0.3, -0.25) is 0 Å². The third-order valence-corrected chi connectivity index (χ3v) is 4.30. The molecule has 4 aromatic rings. The second-order valence-corrected chi connectivity index (χ2v) is 6.35. The number of thiophene rings is 1. The smallest absolute Gasteiger partial charge is 0.237 e. The van der Waals surface area contributed by atoms with Crippen molar-refractivity contribution in [2.75, 3.05) is 0 Å². The molecule has 0 aliphatic rings. The number of nitrogens with zero attached hydrogens (tertiary/aromatic N) is 4. The third kappa shape index (κ3) is 2.71. The molecular formula is C15H8BrFN4OS. The lowest BCUT2D eigenvalue weighted by molar-refractivity contribution is 0.420. The van der Waals surface area contributed by atoms with Crippen LogP contribution in [0.25, 0.3) is 17.0 Å². The summed E-state index contributed by atoms with van der Waals surface area (Å²) < 4.78 is 21.6. The van der Waals surface area contributed by atoms with Crippen molar-refractivity contribution in [3.05, 3.63) is 57.4 Å². The van der Waals surface area contributed by atoms with E-state index in [1.807, 2.05) is 16.8 Å². The summed E-state index contributed by atoms with van der Waals surface area (Å²) in [6, 6.07) is 9.86. The van der Waals surface area contributed by atoms with E-state index in [1.165, 1.54) is 12.1 Å². The number of benzene rings is 1. The molecule has 0 amide bonds. The fourth-order valence-corrected chi connectivity index (χ4v) is 3.04. The highest BCUT2D eigenvalue weighted by Gasteiger charge is 2.12. The van der Waals surface area contributed by atoms with Gasteiger partial charge in [0.05, 0.1) is 0 Å². The van der Waals surface area contributed by atoms with E-state index < -0.39 is 5.82 Å². The largest absolute Gasteiger partial charge is 0.434 e. The van der Waals surface area contributed by atoms with Crippen LogP contribution in [0.4, 0.5) is 4.39 Å². The van der Waals surface area contributed by atoms with Crippen molar-refractivity contribution in [3.8, 4) is 23.0 Å². The Kier molecular flexibility index (Phi) is 3.55. The number of halogens is 2. The second kappa shape index (κ2) is 5.71. The quantitative estimate of drug-likeness (QED) is 0.514. The van der Waals surface area contributed by atoms with Crippen LogP contribution in [0, 0.1) is 5.82 Å². The molecule has 5 nitrogen and oxygen atoms in total. The molecule has 0 spiro atoms. The van der Waals surface area contributed by atoms with Crippen molar-refractivity contribution in [1.29, 1.82) is 0 Å². The molecule has 0 saturated heterocycles. The summed E-state index contributed by atoms with van der Waals surface area (Å²) in [5.41, 5.74) is 1.51. The van der Waals surface area contributed by atoms with Gasteiger partial charge in [-0.1, -0.05) is 15.9 Å². The first-order chi connectivity index (χ1) is 11.2. The van der Waals surface area contributed by atoms with E-state index in [0.29, 0.717) is 15.9 Å². The Morgan fingerprint density at radius 2 is 2.04 bits per heavy atom. The van der Waals surface area contributed by atoms with E-state index in [0.717, 1.165) is 5.56 Å². The maximum Gasteiger partial charge on any atom is 0.237 e. The first-order valence-corrected chi connectivity index (χ1v) is 8.32. The van der Waals surface area contributed by atoms with Crippen LogP contribution in [-0.4, -0.2) is 19.8 Å².